The molecule has 1 aliphatic rings. The van der Waals surface area contributed by atoms with Gasteiger partial charge < -0.3 is 10.1 Å². The fraction of sp³-hybridized carbons (Fsp3) is 0.562. The molecule has 110 valence electrons. The highest BCUT2D eigenvalue weighted by molar-refractivity contribution is 5.94. The summed E-state index contributed by atoms with van der Waals surface area (Å²) in [7, 11) is 0. The summed E-state index contributed by atoms with van der Waals surface area (Å²) in [4.78, 5) is 12.1. The summed E-state index contributed by atoms with van der Waals surface area (Å²) in [5.74, 6) is -0.217. The van der Waals surface area contributed by atoms with E-state index in [2.05, 4.69) is 5.32 Å². The van der Waals surface area contributed by atoms with Crippen LogP contribution < -0.4 is 5.32 Å². The Balaban J connectivity index is 2.00. The monoisotopic (exact) mass is 279 g/mol. The molecule has 0 atom stereocenters. The van der Waals surface area contributed by atoms with E-state index in [1.807, 2.05) is 13.8 Å². The molecule has 1 aliphatic heterocycles. The quantitative estimate of drug-likeness (QED) is 0.919. The molecule has 0 unspecified atom stereocenters. The number of nitrogens with one attached hydrogen (secondary N) is 1. The molecule has 0 aromatic heterocycles. The molecule has 0 saturated carbocycles. The number of amides is 1. The summed E-state index contributed by atoms with van der Waals surface area (Å²) in [5, 5.41) is 2.84. The molecule has 3 nitrogen and oxygen atoms in total. The van der Waals surface area contributed by atoms with E-state index < -0.39 is 5.82 Å². The van der Waals surface area contributed by atoms with E-state index in [-0.39, 0.29) is 17.4 Å². The Morgan fingerprint density at radius 1 is 1.40 bits per heavy atom. The lowest BCUT2D eigenvalue weighted by Crippen LogP contribution is -2.32. The van der Waals surface area contributed by atoms with Gasteiger partial charge in [-0.2, -0.15) is 0 Å². The number of carbonyl (C=O) groups is 1. The lowest BCUT2D eigenvalue weighted by atomic mass is 9.98. The number of hydrogen-bond donors (Lipinski definition) is 1. The van der Waals surface area contributed by atoms with Crippen LogP contribution >= 0.6 is 0 Å². The zero-order valence-corrected chi connectivity index (χ0v) is 12.1. The van der Waals surface area contributed by atoms with Gasteiger partial charge in [0.05, 0.1) is 5.56 Å². The van der Waals surface area contributed by atoms with Gasteiger partial charge in [-0.05, 0) is 36.3 Å². The fourth-order valence-electron chi connectivity index (χ4n) is 2.45. The third-order valence-electron chi connectivity index (χ3n) is 3.79. The maximum Gasteiger partial charge on any atom is 0.254 e. The first-order valence-electron chi connectivity index (χ1n) is 7.24. The van der Waals surface area contributed by atoms with Crippen LogP contribution in [0.25, 0.3) is 0 Å². The van der Waals surface area contributed by atoms with Crippen LogP contribution in [0.4, 0.5) is 4.39 Å². The first-order valence-corrected chi connectivity index (χ1v) is 7.24. The van der Waals surface area contributed by atoms with Crippen molar-refractivity contribution in [2.75, 3.05) is 19.8 Å². The largest absolute Gasteiger partial charge is 0.381 e. The molecule has 0 radical (unpaired) electrons. The van der Waals surface area contributed by atoms with E-state index in [9.17, 15) is 9.18 Å². The van der Waals surface area contributed by atoms with Crippen molar-refractivity contribution in [2.45, 2.75) is 32.6 Å². The van der Waals surface area contributed by atoms with Crippen molar-refractivity contribution in [1.82, 2.24) is 5.32 Å². The van der Waals surface area contributed by atoms with Gasteiger partial charge in [-0.25, -0.2) is 4.39 Å². The molecule has 0 spiro atoms. The zero-order valence-electron chi connectivity index (χ0n) is 12.1. The second kappa shape index (κ2) is 6.84. The number of ether oxygens (including phenoxy) is 1. The summed E-state index contributed by atoms with van der Waals surface area (Å²) in [5.41, 5.74) is 0.729. The molecule has 2 rings (SSSR count). The molecule has 20 heavy (non-hydrogen) atoms. The first kappa shape index (κ1) is 15.0. The maximum atomic E-state index is 14.3. The predicted molar refractivity (Wildman–Crippen MR) is 76.4 cm³/mol. The van der Waals surface area contributed by atoms with Crippen molar-refractivity contribution >= 4 is 5.91 Å². The Kier molecular flexibility index (Phi) is 5.12. The number of rotatable bonds is 4. The van der Waals surface area contributed by atoms with Crippen molar-refractivity contribution in [3.63, 3.8) is 0 Å². The maximum absolute atomic E-state index is 14.3. The van der Waals surface area contributed by atoms with Gasteiger partial charge in [0.15, 0.2) is 0 Å². The molecule has 0 aliphatic carbocycles. The van der Waals surface area contributed by atoms with E-state index in [1.165, 1.54) is 0 Å². The molecular formula is C16H22FNO2. The Hall–Kier alpha value is -1.42. The van der Waals surface area contributed by atoms with Gasteiger partial charge >= 0.3 is 0 Å². The Labute approximate surface area is 119 Å². The average Bonchev–Trinajstić information content (AvgIpc) is 2.46. The normalized spacial score (nSPS) is 16.4. The summed E-state index contributed by atoms with van der Waals surface area (Å²) in [6, 6.07) is 5.01. The molecule has 4 heteroatoms. The molecule has 1 aromatic carbocycles. The van der Waals surface area contributed by atoms with Crippen molar-refractivity contribution in [1.29, 1.82) is 0 Å². The molecule has 1 N–H and O–H groups in total. The third-order valence-corrected chi connectivity index (χ3v) is 3.79. The molecule has 1 fully saturated rings. The fourth-order valence-corrected chi connectivity index (χ4v) is 2.45. The van der Waals surface area contributed by atoms with E-state index in [0.717, 1.165) is 26.1 Å². The van der Waals surface area contributed by atoms with Gasteiger partial charge in [-0.15, -0.1) is 0 Å². The van der Waals surface area contributed by atoms with Crippen molar-refractivity contribution in [2.24, 2.45) is 5.92 Å². The smallest absolute Gasteiger partial charge is 0.254 e. The van der Waals surface area contributed by atoms with Crippen LogP contribution in [0, 0.1) is 11.7 Å². The van der Waals surface area contributed by atoms with Gasteiger partial charge in [-0.3, -0.25) is 4.79 Å². The molecule has 0 bridgehead atoms. The summed E-state index contributed by atoms with van der Waals surface area (Å²) < 4.78 is 19.5. The number of benzene rings is 1. The standard InChI is InChI=1S/C16H22FNO2/c1-11(2)13-4-3-5-14(15(13)17)16(19)18-10-12-6-8-20-9-7-12/h3-5,11-12H,6-10H2,1-2H3,(H,18,19). The zero-order chi connectivity index (χ0) is 14.5. The van der Waals surface area contributed by atoms with Crippen LogP contribution in [0.1, 0.15) is 48.5 Å². The molecule has 1 amide bonds. The Morgan fingerprint density at radius 3 is 2.75 bits per heavy atom. The van der Waals surface area contributed by atoms with Crippen LogP contribution in [-0.2, 0) is 4.74 Å². The van der Waals surface area contributed by atoms with Crippen LogP contribution in [0.5, 0.6) is 0 Å². The number of carbonyl (C=O) groups excluding carboxylic acids is 1. The van der Waals surface area contributed by atoms with Gasteiger partial charge in [0.2, 0.25) is 0 Å². The Morgan fingerprint density at radius 2 is 2.10 bits per heavy atom. The highest BCUT2D eigenvalue weighted by atomic mass is 19.1. The summed E-state index contributed by atoms with van der Waals surface area (Å²) in [6.45, 7) is 5.92. The molecule has 1 heterocycles. The van der Waals surface area contributed by atoms with E-state index in [0.29, 0.717) is 18.0 Å². The number of hydrogen-bond acceptors (Lipinski definition) is 2. The minimum atomic E-state index is -0.396. The average molecular weight is 279 g/mol. The van der Waals surface area contributed by atoms with Gasteiger partial charge in [-0.1, -0.05) is 26.0 Å². The lowest BCUT2D eigenvalue weighted by Gasteiger charge is -2.22. The molecule has 1 aromatic rings. The van der Waals surface area contributed by atoms with Crippen molar-refractivity contribution < 1.29 is 13.9 Å². The van der Waals surface area contributed by atoms with Gasteiger partial charge in [0.25, 0.3) is 5.91 Å². The highest BCUT2D eigenvalue weighted by Crippen LogP contribution is 2.21. The minimum Gasteiger partial charge on any atom is -0.381 e. The topological polar surface area (TPSA) is 38.3 Å². The predicted octanol–water partition coefficient (Wildman–Crippen LogP) is 3.11. The SMILES string of the molecule is CC(C)c1cccc(C(=O)NCC2CCOCC2)c1F. The van der Waals surface area contributed by atoms with E-state index >= 15 is 0 Å². The second-order valence-electron chi connectivity index (χ2n) is 5.63. The van der Waals surface area contributed by atoms with Crippen LogP contribution in [0.15, 0.2) is 18.2 Å². The Bertz CT molecular complexity index is 468. The van der Waals surface area contributed by atoms with Crippen LogP contribution in [0.3, 0.4) is 0 Å². The van der Waals surface area contributed by atoms with Crippen molar-refractivity contribution in [3.8, 4) is 0 Å². The number of halogens is 1. The summed E-state index contributed by atoms with van der Waals surface area (Å²) in [6.07, 6.45) is 1.91. The van der Waals surface area contributed by atoms with Crippen LogP contribution in [0.2, 0.25) is 0 Å². The second-order valence-corrected chi connectivity index (χ2v) is 5.63. The summed E-state index contributed by atoms with van der Waals surface area (Å²) >= 11 is 0. The first-order chi connectivity index (χ1) is 9.59. The van der Waals surface area contributed by atoms with Crippen LogP contribution in [-0.4, -0.2) is 25.7 Å². The highest BCUT2D eigenvalue weighted by Gasteiger charge is 2.19. The van der Waals surface area contributed by atoms with Crippen molar-refractivity contribution in [3.05, 3.63) is 35.1 Å². The van der Waals surface area contributed by atoms with Gasteiger partial charge in [0.1, 0.15) is 5.82 Å². The third kappa shape index (κ3) is 3.57. The molecular weight excluding hydrogens is 257 g/mol. The van der Waals surface area contributed by atoms with E-state index in [1.54, 1.807) is 18.2 Å². The van der Waals surface area contributed by atoms with Gasteiger partial charge in [0, 0.05) is 19.8 Å². The lowest BCUT2D eigenvalue weighted by molar-refractivity contribution is 0.0642. The van der Waals surface area contributed by atoms with E-state index in [4.69, 9.17) is 4.74 Å². The molecule has 1 saturated heterocycles. The minimum absolute atomic E-state index is 0.0678.